The molecule has 1 aliphatic heterocycles. The lowest BCUT2D eigenvalue weighted by Gasteiger charge is -2.35. The van der Waals surface area contributed by atoms with Crippen molar-refractivity contribution in [3.8, 4) is 0 Å². The molecule has 122 valence electrons. The maximum Gasteiger partial charge on any atom is 0.243 e. The molecule has 1 atom stereocenters. The standard InChI is InChI=1S/C18H23N3OS/c1-14(17(22)20-18-19-9-12-23-18)21-10-7-16(8-11-21)13-15-5-3-2-4-6-15/h2-6,9,12,14,16H,7-8,10-11,13H2,1H3,(H,19,20,22). The molecule has 0 bridgehead atoms. The summed E-state index contributed by atoms with van der Waals surface area (Å²) < 4.78 is 0. The molecule has 0 saturated carbocycles. The molecule has 1 aliphatic rings. The van der Waals surface area contributed by atoms with Crippen LogP contribution in [0.1, 0.15) is 25.3 Å². The van der Waals surface area contributed by atoms with Crippen LogP contribution in [0.3, 0.4) is 0 Å². The molecule has 4 nitrogen and oxygen atoms in total. The van der Waals surface area contributed by atoms with Crippen molar-refractivity contribution >= 4 is 22.4 Å². The minimum atomic E-state index is -0.100. The van der Waals surface area contributed by atoms with E-state index < -0.39 is 0 Å². The van der Waals surface area contributed by atoms with Gasteiger partial charge in [0.2, 0.25) is 5.91 Å². The Labute approximate surface area is 141 Å². The third-order valence-electron chi connectivity index (χ3n) is 4.61. The Bertz CT molecular complexity index is 606. The van der Waals surface area contributed by atoms with Crippen LogP contribution < -0.4 is 5.32 Å². The van der Waals surface area contributed by atoms with Crippen LogP contribution >= 0.6 is 11.3 Å². The zero-order valence-corrected chi connectivity index (χ0v) is 14.3. The summed E-state index contributed by atoms with van der Waals surface area (Å²) in [5.74, 6) is 0.768. The highest BCUT2D eigenvalue weighted by molar-refractivity contribution is 7.13. The summed E-state index contributed by atoms with van der Waals surface area (Å²) >= 11 is 1.46. The van der Waals surface area contributed by atoms with E-state index >= 15 is 0 Å². The molecule has 0 spiro atoms. The van der Waals surface area contributed by atoms with E-state index in [4.69, 9.17) is 0 Å². The van der Waals surface area contributed by atoms with Gasteiger partial charge in [0.15, 0.2) is 5.13 Å². The van der Waals surface area contributed by atoms with E-state index in [2.05, 4.69) is 45.5 Å². The van der Waals surface area contributed by atoms with Gasteiger partial charge in [0, 0.05) is 11.6 Å². The predicted molar refractivity (Wildman–Crippen MR) is 94.6 cm³/mol. The van der Waals surface area contributed by atoms with Gasteiger partial charge in [0.1, 0.15) is 0 Å². The lowest BCUT2D eigenvalue weighted by atomic mass is 9.89. The van der Waals surface area contributed by atoms with Crippen LogP contribution in [0, 0.1) is 5.92 Å². The largest absolute Gasteiger partial charge is 0.301 e. The van der Waals surface area contributed by atoms with E-state index in [0.717, 1.165) is 38.3 Å². The van der Waals surface area contributed by atoms with E-state index in [-0.39, 0.29) is 11.9 Å². The van der Waals surface area contributed by atoms with E-state index in [1.54, 1.807) is 6.20 Å². The predicted octanol–water partition coefficient (Wildman–Crippen LogP) is 3.42. The summed E-state index contributed by atoms with van der Waals surface area (Å²) in [5.41, 5.74) is 1.42. The van der Waals surface area contributed by atoms with Crippen molar-refractivity contribution < 1.29 is 4.79 Å². The number of piperidine rings is 1. The van der Waals surface area contributed by atoms with Crippen molar-refractivity contribution in [2.45, 2.75) is 32.2 Å². The van der Waals surface area contributed by atoms with Crippen LogP contribution in [0.2, 0.25) is 0 Å². The van der Waals surface area contributed by atoms with Crippen LogP contribution in [-0.4, -0.2) is 34.9 Å². The molecule has 1 aromatic carbocycles. The van der Waals surface area contributed by atoms with Crippen LogP contribution in [0.4, 0.5) is 5.13 Å². The highest BCUT2D eigenvalue weighted by atomic mass is 32.1. The van der Waals surface area contributed by atoms with Crippen molar-refractivity contribution in [3.05, 3.63) is 47.5 Å². The second-order valence-electron chi connectivity index (χ2n) is 6.17. The van der Waals surface area contributed by atoms with Gasteiger partial charge >= 0.3 is 0 Å². The fraction of sp³-hybridized carbons (Fsp3) is 0.444. The summed E-state index contributed by atoms with van der Waals surface area (Å²) in [5, 5.41) is 5.45. The number of hydrogen-bond acceptors (Lipinski definition) is 4. The first-order valence-electron chi connectivity index (χ1n) is 8.20. The molecular weight excluding hydrogens is 306 g/mol. The quantitative estimate of drug-likeness (QED) is 0.914. The van der Waals surface area contributed by atoms with E-state index in [0.29, 0.717) is 5.13 Å². The number of anilines is 1. The molecule has 3 rings (SSSR count). The Morgan fingerprint density at radius 1 is 1.35 bits per heavy atom. The molecule has 1 aromatic heterocycles. The van der Waals surface area contributed by atoms with Gasteiger partial charge in [-0.15, -0.1) is 11.3 Å². The first-order valence-corrected chi connectivity index (χ1v) is 9.08. The summed E-state index contributed by atoms with van der Waals surface area (Å²) in [6.07, 6.45) is 5.17. The zero-order valence-electron chi connectivity index (χ0n) is 13.4. The molecule has 1 saturated heterocycles. The van der Waals surface area contributed by atoms with Crippen LogP contribution in [0.15, 0.2) is 41.9 Å². The summed E-state index contributed by atoms with van der Waals surface area (Å²) in [7, 11) is 0. The SMILES string of the molecule is CC(C(=O)Nc1nccs1)N1CCC(Cc2ccccc2)CC1. The van der Waals surface area contributed by atoms with Crippen molar-refractivity contribution in [2.24, 2.45) is 5.92 Å². The molecule has 5 heteroatoms. The second kappa shape index (κ2) is 7.70. The minimum Gasteiger partial charge on any atom is -0.301 e. The lowest BCUT2D eigenvalue weighted by molar-refractivity contribution is -0.121. The van der Waals surface area contributed by atoms with Gasteiger partial charge in [-0.05, 0) is 50.8 Å². The number of amides is 1. The van der Waals surface area contributed by atoms with E-state index in [1.165, 1.54) is 16.9 Å². The monoisotopic (exact) mass is 329 g/mol. The number of benzene rings is 1. The highest BCUT2D eigenvalue weighted by Crippen LogP contribution is 2.23. The number of nitrogens with zero attached hydrogens (tertiary/aromatic N) is 2. The molecule has 0 radical (unpaired) electrons. The Morgan fingerprint density at radius 3 is 2.74 bits per heavy atom. The number of carbonyl (C=O) groups excluding carboxylic acids is 1. The molecule has 1 amide bonds. The van der Waals surface area contributed by atoms with Crippen molar-refractivity contribution in [1.82, 2.24) is 9.88 Å². The molecule has 23 heavy (non-hydrogen) atoms. The molecular formula is C18H23N3OS. The van der Waals surface area contributed by atoms with Crippen molar-refractivity contribution in [1.29, 1.82) is 0 Å². The molecule has 2 aromatic rings. The van der Waals surface area contributed by atoms with Gasteiger partial charge in [-0.1, -0.05) is 30.3 Å². The Kier molecular flexibility index (Phi) is 5.41. The van der Waals surface area contributed by atoms with Crippen molar-refractivity contribution in [2.75, 3.05) is 18.4 Å². The lowest BCUT2D eigenvalue weighted by Crippen LogP contribution is -2.46. The molecule has 1 fully saturated rings. The fourth-order valence-corrected chi connectivity index (χ4v) is 3.68. The summed E-state index contributed by atoms with van der Waals surface area (Å²) in [6.45, 7) is 3.97. The first-order chi connectivity index (χ1) is 11.2. The smallest absolute Gasteiger partial charge is 0.243 e. The zero-order chi connectivity index (χ0) is 16.1. The first kappa shape index (κ1) is 16.1. The summed E-state index contributed by atoms with van der Waals surface area (Å²) in [4.78, 5) is 18.7. The van der Waals surface area contributed by atoms with Crippen LogP contribution in [0.5, 0.6) is 0 Å². The maximum absolute atomic E-state index is 12.3. The van der Waals surface area contributed by atoms with Gasteiger partial charge in [-0.2, -0.15) is 0 Å². The Balaban J connectivity index is 1.47. The average Bonchev–Trinajstić information content (AvgIpc) is 3.09. The number of likely N-dealkylation sites (tertiary alicyclic amines) is 1. The number of nitrogens with one attached hydrogen (secondary N) is 1. The third kappa shape index (κ3) is 4.39. The number of rotatable bonds is 5. The van der Waals surface area contributed by atoms with Gasteiger partial charge in [0.05, 0.1) is 6.04 Å². The Morgan fingerprint density at radius 2 is 2.09 bits per heavy atom. The van der Waals surface area contributed by atoms with E-state index in [9.17, 15) is 4.79 Å². The normalized spacial score (nSPS) is 17.8. The van der Waals surface area contributed by atoms with Crippen LogP contribution in [0.25, 0.3) is 0 Å². The van der Waals surface area contributed by atoms with Crippen LogP contribution in [-0.2, 0) is 11.2 Å². The molecule has 0 aliphatic carbocycles. The number of hydrogen-bond donors (Lipinski definition) is 1. The average molecular weight is 329 g/mol. The molecule has 1 unspecified atom stereocenters. The third-order valence-corrected chi connectivity index (χ3v) is 5.29. The molecule has 1 N–H and O–H groups in total. The topological polar surface area (TPSA) is 45.2 Å². The second-order valence-corrected chi connectivity index (χ2v) is 7.07. The number of carbonyl (C=O) groups is 1. The highest BCUT2D eigenvalue weighted by Gasteiger charge is 2.26. The van der Waals surface area contributed by atoms with Gasteiger partial charge < -0.3 is 5.32 Å². The minimum absolute atomic E-state index is 0.0430. The van der Waals surface area contributed by atoms with Crippen molar-refractivity contribution in [3.63, 3.8) is 0 Å². The summed E-state index contributed by atoms with van der Waals surface area (Å²) in [6, 6.07) is 10.6. The van der Waals surface area contributed by atoms with Gasteiger partial charge in [0.25, 0.3) is 0 Å². The maximum atomic E-state index is 12.3. The van der Waals surface area contributed by atoms with Gasteiger partial charge in [-0.25, -0.2) is 4.98 Å². The number of thiazole rings is 1. The number of aromatic nitrogens is 1. The molecule has 2 heterocycles. The van der Waals surface area contributed by atoms with E-state index in [1.807, 2.05) is 12.3 Å². The van der Waals surface area contributed by atoms with Gasteiger partial charge in [-0.3, -0.25) is 9.69 Å². The Hall–Kier alpha value is -1.72. The fourth-order valence-electron chi connectivity index (χ4n) is 3.15.